The van der Waals surface area contributed by atoms with Gasteiger partial charge in [0.25, 0.3) is 5.91 Å². The number of benzene rings is 2. The smallest absolute Gasteiger partial charge is 0.347 e. The number of alkyl halides is 3. The van der Waals surface area contributed by atoms with Crippen molar-refractivity contribution in [3.05, 3.63) is 76.8 Å². The Bertz CT molecular complexity index is 875. The molecule has 3 rings (SSSR count). The topological polar surface area (TPSA) is 42.0 Å². The van der Waals surface area contributed by atoms with Crippen LogP contribution in [0.15, 0.2) is 60.0 Å². The van der Waals surface area contributed by atoms with E-state index >= 15 is 0 Å². The number of aromatic nitrogens is 1. The van der Waals surface area contributed by atoms with Crippen molar-refractivity contribution in [1.82, 2.24) is 10.3 Å². The molecule has 1 aromatic heterocycles. The van der Waals surface area contributed by atoms with Crippen molar-refractivity contribution in [2.45, 2.75) is 12.7 Å². The molecular formula is C18H13F3N2OS. The van der Waals surface area contributed by atoms with E-state index in [0.717, 1.165) is 11.6 Å². The Kier molecular flexibility index (Phi) is 4.85. The minimum Gasteiger partial charge on any atom is -0.347 e. The Hall–Kier alpha value is -2.67. The van der Waals surface area contributed by atoms with Crippen LogP contribution in [0.4, 0.5) is 13.2 Å². The van der Waals surface area contributed by atoms with E-state index in [4.69, 9.17) is 0 Å². The third-order valence-electron chi connectivity index (χ3n) is 3.52. The van der Waals surface area contributed by atoms with Gasteiger partial charge in [0, 0.05) is 17.5 Å². The van der Waals surface area contributed by atoms with Crippen molar-refractivity contribution in [1.29, 1.82) is 0 Å². The minimum atomic E-state index is -4.46. The molecular weight excluding hydrogens is 349 g/mol. The molecule has 0 radical (unpaired) electrons. The van der Waals surface area contributed by atoms with Gasteiger partial charge in [0.15, 0.2) is 0 Å². The van der Waals surface area contributed by atoms with E-state index in [9.17, 15) is 18.0 Å². The summed E-state index contributed by atoms with van der Waals surface area (Å²) >= 11 is 1.31. The second-order valence-corrected chi connectivity index (χ2v) is 6.10. The van der Waals surface area contributed by atoms with Crippen LogP contribution in [0.2, 0.25) is 0 Å². The number of carbonyl (C=O) groups excluding carboxylic acids is 1. The lowest BCUT2D eigenvalue weighted by molar-refractivity contribution is -0.138. The molecule has 0 spiro atoms. The fourth-order valence-electron chi connectivity index (χ4n) is 2.31. The number of hydrogen-bond acceptors (Lipinski definition) is 3. The highest BCUT2D eigenvalue weighted by molar-refractivity contribution is 7.13. The fraction of sp³-hybridized carbons (Fsp3) is 0.111. The molecule has 25 heavy (non-hydrogen) atoms. The van der Waals surface area contributed by atoms with Gasteiger partial charge in [-0.15, -0.1) is 11.3 Å². The summed E-state index contributed by atoms with van der Waals surface area (Å²) in [6.45, 7) is -0.216. The van der Waals surface area contributed by atoms with Crippen LogP contribution in [-0.2, 0) is 12.7 Å². The van der Waals surface area contributed by atoms with Crippen molar-refractivity contribution in [2.24, 2.45) is 0 Å². The van der Waals surface area contributed by atoms with Crippen LogP contribution in [0, 0.1) is 0 Å². The van der Waals surface area contributed by atoms with Crippen molar-refractivity contribution in [3.8, 4) is 10.6 Å². The largest absolute Gasteiger partial charge is 0.416 e. The molecule has 0 aliphatic rings. The Morgan fingerprint density at radius 1 is 1.04 bits per heavy atom. The number of nitrogens with zero attached hydrogens (tertiary/aromatic N) is 1. The highest BCUT2D eigenvalue weighted by Crippen LogP contribution is 2.31. The van der Waals surface area contributed by atoms with E-state index in [0.29, 0.717) is 5.01 Å². The summed E-state index contributed by atoms with van der Waals surface area (Å²) in [6, 6.07) is 14.5. The van der Waals surface area contributed by atoms with Crippen LogP contribution in [-0.4, -0.2) is 10.9 Å². The number of rotatable bonds is 4. The zero-order valence-corrected chi connectivity index (χ0v) is 13.7. The van der Waals surface area contributed by atoms with Crippen LogP contribution < -0.4 is 5.32 Å². The Morgan fingerprint density at radius 2 is 1.72 bits per heavy atom. The van der Waals surface area contributed by atoms with Gasteiger partial charge in [-0.1, -0.05) is 48.5 Å². The van der Waals surface area contributed by atoms with E-state index in [1.54, 1.807) is 5.38 Å². The summed E-state index contributed by atoms with van der Waals surface area (Å²) in [7, 11) is 0. The number of carbonyl (C=O) groups is 1. The van der Waals surface area contributed by atoms with Gasteiger partial charge >= 0.3 is 6.18 Å². The quantitative estimate of drug-likeness (QED) is 0.727. The summed E-state index contributed by atoms with van der Waals surface area (Å²) in [4.78, 5) is 16.4. The first-order valence-corrected chi connectivity index (χ1v) is 8.27. The van der Waals surface area contributed by atoms with Gasteiger partial charge in [0.1, 0.15) is 10.7 Å². The zero-order chi connectivity index (χ0) is 17.9. The summed E-state index contributed by atoms with van der Waals surface area (Å²) < 4.78 is 38.9. The predicted molar refractivity (Wildman–Crippen MR) is 90.2 cm³/mol. The predicted octanol–water partition coefficient (Wildman–Crippen LogP) is 4.76. The van der Waals surface area contributed by atoms with Gasteiger partial charge < -0.3 is 5.32 Å². The first-order chi connectivity index (χ1) is 11.9. The molecule has 1 amide bonds. The molecule has 0 bridgehead atoms. The van der Waals surface area contributed by atoms with Gasteiger partial charge in [0.05, 0.1) is 5.56 Å². The van der Waals surface area contributed by atoms with Crippen molar-refractivity contribution in [3.63, 3.8) is 0 Å². The van der Waals surface area contributed by atoms with Crippen LogP contribution >= 0.6 is 11.3 Å². The highest BCUT2D eigenvalue weighted by Gasteiger charge is 2.32. The Labute approximate surface area is 146 Å². The van der Waals surface area contributed by atoms with Gasteiger partial charge in [0.2, 0.25) is 0 Å². The van der Waals surface area contributed by atoms with E-state index < -0.39 is 17.6 Å². The molecule has 0 aliphatic carbocycles. The van der Waals surface area contributed by atoms with E-state index in [1.807, 2.05) is 30.3 Å². The molecule has 1 heterocycles. The lowest BCUT2D eigenvalue weighted by atomic mass is 10.1. The van der Waals surface area contributed by atoms with Gasteiger partial charge in [-0.2, -0.15) is 13.2 Å². The van der Waals surface area contributed by atoms with Crippen LogP contribution in [0.5, 0.6) is 0 Å². The molecule has 0 saturated carbocycles. The summed E-state index contributed by atoms with van der Waals surface area (Å²) in [6.07, 6.45) is -4.46. The second-order valence-electron chi connectivity index (χ2n) is 5.24. The van der Waals surface area contributed by atoms with Crippen LogP contribution in [0.1, 0.15) is 21.6 Å². The third kappa shape index (κ3) is 4.06. The van der Waals surface area contributed by atoms with Crippen molar-refractivity contribution < 1.29 is 18.0 Å². The molecule has 7 heteroatoms. The van der Waals surface area contributed by atoms with Gasteiger partial charge in [-0.3, -0.25) is 4.79 Å². The molecule has 128 valence electrons. The van der Waals surface area contributed by atoms with E-state index in [2.05, 4.69) is 10.3 Å². The van der Waals surface area contributed by atoms with Gasteiger partial charge in [-0.25, -0.2) is 4.98 Å². The van der Waals surface area contributed by atoms with E-state index in [1.165, 1.54) is 29.5 Å². The molecule has 3 aromatic rings. The number of amides is 1. The van der Waals surface area contributed by atoms with E-state index in [-0.39, 0.29) is 17.8 Å². The summed E-state index contributed by atoms with van der Waals surface area (Å²) in [5.74, 6) is -0.504. The highest BCUT2D eigenvalue weighted by atomic mass is 32.1. The Balaban J connectivity index is 1.71. The molecule has 0 atom stereocenters. The number of nitrogens with one attached hydrogen (secondary N) is 1. The number of halogens is 3. The normalized spacial score (nSPS) is 11.3. The van der Waals surface area contributed by atoms with Crippen molar-refractivity contribution >= 4 is 17.2 Å². The summed E-state index contributed by atoms with van der Waals surface area (Å²) in [5.41, 5.74) is 0.336. The zero-order valence-electron chi connectivity index (χ0n) is 12.9. The van der Waals surface area contributed by atoms with Crippen LogP contribution in [0.25, 0.3) is 10.6 Å². The SMILES string of the molecule is O=C(NCc1ccccc1C(F)(F)F)c1csc(-c2ccccc2)n1. The lowest BCUT2D eigenvalue weighted by Gasteiger charge is -2.12. The maximum atomic E-state index is 13.0. The second kappa shape index (κ2) is 7.06. The summed E-state index contributed by atoms with van der Waals surface area (Å²) in [5, 5.41) is 4.77. The molecule has 2 aromatic carbocycles. The lowest BCUT2D eigenvalue weighted by Crippen LogP contribution is -2.24. The van der Waals surface area contributed by atoms with Gasteiger partial charge in [-0.05, 0) is 11.6 Å². The first kappa shape index (κ1) is 17.2. The Morgan fingerprint density at radius 3 is 2.44 bits per heavy atom. The maximum absolute atomic E-state index is 13.0. The average molecular weight is 362 g/mol. The molecule has 0 aliphatic heterocycles. The maximum Gasteiger partial charge on any atom is 0.416 e. The third-order valence-corrected chi connectivity index (χ3v) is 4.41. The standard InChI is InChI=1S/C18H13F3N2OS/c19-18(20,21)14-9-5-4-8-13(14)10-22-16(24)15-11-25-17(23-15)12-6-2-1-3-7-12/h1-9,11H,10H2,(H,22,24). The van der Waals surface area contributed by atoms with Crippen molar-refractivity contribution in [2.75, 3.05) is 0 Å². The molecule has 3 nitrogen and oxygen atoms in total. The average Bonchev–Trinajstić information content (AvgIpc) is 3.10. The fourth-order valence-corrected chi connectivity index (χ4v) is 3.11. The molecule has 0 unspecified atom stereocenters. The molecule has 1 N–H and O–H groups in total. The number of thiazole rings is 1. The molecule has 0 saturated heterocycles. The monoisotopic (exact) mass is 362 g/mol. The first-order valence-electron chi connectivity index (χ1n) is 7.39. The molecule has 0 fully saturated rings. The number of hydrogen-bond donors (Lipinski definition) is 1. The minimum absolute atomic E-state index is 0.0156. The van der Waals surface area contributed by atoms with Crippen LogP contribution in [0.3, 0.4) is 0 Å².